The normalized spacial score (nSPS) is 11.6. The van der Waals surface area contributed by atoms with Gasteiger partial charge in [0.2, 0.25) is 0 Å². The van der Waals surface area contributed by atoms with Crippen molar-refractivity contribution in [3.63, 3.8) is 0 Å². The van der Waals surface area contributed by atoms with Gasteiger partial charge in [-0.05, 0) is 23.3 Å². The van der Waals surface area contributed by atoms with Gasteiger partial charge in [-0.2, -0.15) is 0 Å². The molecule has 0 amide bonds. The zero-order chi connectivity index (χ0) is 15.1. The molecule has 3 nitrogen and oxygen atoms in total. The minimum Gasteiger partial charge on any atom is -0.406 e. The van der Waals surface area contributed by atoms with Crippen LogP contribution >= 0.6 is 0 Å². The van der Waals surface area contributed by atoms with Crippen LogP contribution in [-0.4, -0.2) is 12.6 Å². The van der Waals surface area contributed by atoms with Crippen molar-refractivity contribution in [2.24, 2.45) is 5.16 Å². The first-order valence-corrected chi connectivity index (χ1v) is 6.08. The van der Waals surface area contributed by atoms with Crippen LogP contribution in [0.4, 0.5) is 13.2 Å². The summed E-state index contributed by atoms with van der Waals surface area (Å²) in [5.74, 6) is -0.265. The number of hydrogen-bond donors (Lipinski definition) is 0. The fourth-order valence-corrected chi connectivity index (χ4v) is 1.54. The maximum absolute atomic E-state index is 12.0. The molecule has 0 bridgehead atoms. The molecule has 0 radical (unpaired) electrons. The van der Waals surface area contributed by atoms with Gasteiger partial charge >= 0.3 is 6.36 Å². The summed E-state index contributed by atoms with van der Waals surface area (Å²) < 4.78 is 39.7. The first-order chi connectivity index (χ1) is 10.0. The number of hydrogen-bond acceptors (Lipinski definition) is 3. The summed E-state index contributed by atoms with van der Waals surface area (Å²) in [6.07, 6.45) is -3.13. The predicted molar refractivity (Wildman–Crippen MR) is 72.0 cm³/mol. The Kier molecular flexibility index (Phi) is 4.81. The van der Waals surface area contributed by atoms with E-state index in [4.69, 9.17) is 4.84 Å². The van der Waals surface area contributed by atoms with Crippen molar-refractivity contribution in [3.05, 3.63) is 65.7 Å². The van der Waals surface area contributed by atoms with Crippen LogP contribution in [-0.2, 0) is 11.4 Å². The van der Waals surface area contributed by atoms with E-state index < -0.39 is 6.36 Å². The summed E-state index contributed by atoms with van der Waals surface area (Å²) in [5.41, 5.74) is 1.58. The summed E-state index contributed by atoms with van der Waals surface area (Å²) >= 11 is 0. The van der Waals surface area contributed by atoms with Crippen molar-refractivity contribution in [2.45, 2.75) is 13.0 Å². The Hall–Kier alpha value is -2.50. The van der Waals surface area contributed by atoms with Gasteiger partial charge in [0.1, 0.15) is 12.4 Å². The van der Waals surface area contributed by atoms with Crippen molar-refractivity contribution in [2.75, 3.05) is 0 Å². The van der Waals surface area contributed by atoms with Gasteiger partial charge in [0.25, 0.3) is 0 Å². The molecule has 110 valence electrons. The molecule has 0 aliphatic heterocycles. The molecule has 0 aliphatic rings. The van der Waals surface area contributed by atoms with Crippen LogP contribution in [0, 0.1) is 0 Å². The highest BCUT2D eigenvalue weighted by molar-refractivity contribution is 5.78. The molecule has 2 rings (SSSR count). The third-order valence-electron chi connectivity index (χ3n) is 2.46. The molecule has 2 aromatic rings. The Labute approximate surface area is 119 Å². The quantitative estimate of drug-likeness (QED) is 0.613. The van der Waals surface area contributed by atoms with E-state index >= 15 is 0 Å². The molecule has 0 heterocycles. The van der Waals surface area contributed by atoms with E-state index in [0.717, 1.165) is 5.56 Å². The summed E-state index contributed by atoms with van der Waals surface area (Å²) in [6.45, 7) is 0.162. The van der Waals surface area contributed by atoms with Crippen LogP contribution in [0.15, 0.2) is 59.8 Å². The first kappa shape index (κ1) is 14.9. The summed E-state index contributed by atoms with van der Waals surface area (Å²) in [7, 11) is 0. The summed E-state index contributed by atoms with van der Waals surface area (Å²) in [6, 6.07) is 14.8. The fraction of sp³-hybridized carbons (Fsp3) is 0.133. The highest BCUT2D eigenvalue weighted by atomic mass is 19.4. The van der Waals surface area contributed by atoms with E-state index in [2.05, 4.69) is 9.89 Å². The van der Waals surface area contributed by atoms with Crippen molar-refractivity contribution in [1.29, 1.82) is 0 Å². The van der Waals surface area contributed by atoms with Crippen molar-refractivity contribution >= 4 is 6.21 Å². The second kappa shape index (κ2) is 6.78. The molecule has 0 fully saturated rings. The van der Waals surface area contributed by atoms with Gasteiger partial charge in [-0.1, -0.05) is 47.6 Å². The SMILES string of the molecule is FC(F)(F)Oc1ccc(CON=Cc2ccccc2)cc1. The maximum Gasteiger partial charge on any atom is 0.573 e. The van der Waals surface area contributed by atoms with Crippen LogP contribution in [0.2, 0.25) is 0 Å². The highest BCUT2D eigenvalue weighted by Crippen LogP contribution is 2.22. The molecule has 0 saturated carbocycles. The number of benzene rings is 2. The Morgan fingerprint density at radius 2 is 1.62 bits per heavy atom. The minimum absolute atomic E-state index is 0.162. The molecule has 0 unspecified atom stereocenters. The van der Waals surface area contributed by atoms with Crippen LogP contribution in [0.5, 0.6) is 5.75 Å². The van der Waals surface area contributed by atoms with E-state index in [9.17, 15) is 13.2 Å². The van der Waals surface area contributed by atoms with E-state index in [0.29, 0.717) is 5.56 Å². The van der Waals surface area contributed by atoms with Gasteiger partial charge in [-0.25, -0.2) is 0 Å². The van der Waals surface area contributed by atoms with Crippen LogP contribution in [0.25, 0.3) is 0 Å². The van der Waals surface area contributed by atoms with Gasteiger partial charge in [0.15, 0.2) is 0 Å². The van der Waals surface area contributed by atoms with E-state index in [-0.39, 0.29) is 12.4 Å². The Morgan fingerprint density at radius 1 is 0.952 bits per heavy atom. The van der Waals surface area contributed by atoms with Crippen LogP contribution in [0.3, 0.4) is 0 Å². The molecule has 2 aromatic carbocycles. The molecule has 0 saturated heterocycles. The maximum atomic E-state index is 12.0. The van der Waals surface area contributed by atoms with Gasteiger partial charge in [0.05, 0.1) is 6.21 Å². The number of nitrogens with zero attached hydrogens (tertiary/aromatic N) is 1. The summed E-state index contributed by atoms with van der Waals surface area (Å²) in [4.78, 5) is 5.07. The second-order valence-corrected chi connectivity index (χ2v) is 4.11. The topological polar surface area (TPSA) is 30.8 Å². The zero-order valence-electron chi connectivity index (χ0n) is 10.9. The molecule has 0 N–H and O–H groups in total. The highest BCUT2D eigenvalue weighted by Gasteiger charge is 2.30. The molecular weight excluding hydrogens is 283 g/mol. The van der Waals surface area contributed by atoms with Crippen molar-refractivity contribution in [1.82, 2.24) is 0 Å². The third kappa shape index (κ3) is 5.56. The Balaban J connectivity index is 1.83. The lowest BCUT2D eigenvalue weighted by Crippen LogP contribution is -2.17. The lowest BCUT2D eigenvalue weighted by atomic mass is 10.2. The van der Waals surface area contributed by atoms with E-state index in [1.165, 1.54) is 24.3 Å². The third-order valence-corrected chi connectivity index (χ3v) is 2.46. The molecular formula is C15H12F3NO2. The molecule has 0 aromatic heterocycles. The minimum atomic E-state index is -4.68. The van der Waals surface area contributed by atoms with Crippen molar-refractivity contribution in [3.8, 4) is 5.75 Å². The molecule has 6 heteroatoms. The summed E-state index contributed by atoms with van der Waals surface area (Å²) in [5, 5.41) is 3.78. The number of oxime groups is 1. The van der Waals surface area contributed by atoms with Gasteiger partial charge < -0.3 is 9.57 Å². The monoisotopic (exact) mass is 295 g/mol. The molecule has 0 atom stereocenters. The number of rotatable bonds is 5. The van der Waals surface area contributed by atoms with Gasteiger partial charge in [-0.15, -0.1) is 13.2 Å². The average molecular weight is 295 g/mol. The van der Waals surface area contributed by atoms with Gasteiger partial charge in [0, 0.05) is 0 Å². The first-order valence-electron chi connectivity index (χ1n) is 6.08. The lowest BCUT2D eigenvalue weighted by Gasteiger charge is -2.08. The van der Waals surface area contributed by atoms with E-state index in [1.54, 1.807) is 6.21 Å². The zero-order valence-corrected chi connectivity index (χ0v) is 10.9. The standard InChI is InChI=1S/C15H12F3NO2/c16-15(17,18)21-14-8-6-13(7-9-14)11-20-19-10-12-4-2-1-3-5-12/h1-10H,11H2. The Morgan fingerprint density at radius 3 is 2.24 bits per heavy atom. The lowest BCUT2D eigenvalue weighted by molar-refractivity contribution is -0.274. The Bertz CT molecular complexity index is 580. The fourth-order valence-electron chi connectivity index (χ4n) is 1.54. The van der Waals surface area contributed by atoms with Gasteiger partial charge in [-0.3, -0.25) is 0 Å². The average Bonchev–Trinajstić information content (AvgIpc) is 2.45. The molecule has 0 spiro atoms. The number of halogens is 3. The van der Waals surface area contributed by atoms with E-state index in [1.807, 2.05) is 30.3 Å². The number of alkyl halides is 3. The van der Waals surface area contributed by atoms with Crippen LogP contribution < -0.4 is 4.74 Å². The van der Waals surface area contributed by atoms with Crippen LogP contribution in [0.1, 0.15) is 11.1 Å². The smallest absolute Gasteiger partial charge is 0.406 e. The second-order valence-electron chi connectivity index (χ2n) is 4.11. The largest absolute Gasteiger partial charge is 0.573 e. The molecule has 21 heavy (non-hydrogen) atoms. The van der Waals surface area contributed by atoms with Crippen molar-refractivity contribution < 1.29 is 22.7 Å². The predicted octanol–water partition coefficient (Wildman–Crippen LogP) is 4.14. The number of ether oxygens (including phenoxy) is 1. The molecule has 0 aliphatic carbocycles.